The number of nitrogens with zero attached hydrogens (tertiary/aromatic N) is 2. The molecule has 7 heteroatoms. The fourth-order valence-corrected chi connectivity index (χ4v) is 1.55. The van der Waals surface area contributed by atoms with E-state index >= 15 is 0 Å². The number of ether oxygens (including phenoxy) is 1. The number of benzene rings is 1. The molecule has 0 fully saturated rings. The van der Waals surface area contributed by atoms with Crippen molar-refractivity contribution in [3.63, 3.8) is 0 Å². The zero-order valence-corrected chi connectivity index (χ0v) is 10.3. The molecule has 0 aliphatic heterocycles. The highest BCUT2D eigenvalue weighted by Crippen LogP contribution is 2.31. The van der Waals surface area contributed by atoms with Crippen LogP contribution < -0.4 is 0 Å². The van der Waals surface area contributed by atoms with Crippen molar-refractivity contribution < 1.29 is 22.7 Å². The summed E-state index contributed by atoms with van der Waals surface area (Å²) in [7, 11) is 1.19. The van der Waals surface area contributed by atoms with Gasteiger partial charge in [0.25, 0.3) is 0 Å². The molecule has 1 heterocycles. The van der Waals surface area contributed by atoms with Crippen molar-refractivity contribution >= 4 is 5.97 Å². The smallest absolute Gasteiger partial charge is 0.416 e. The summed E-state index contributed by atoms with van der Waals surface area (Å²) < 4.78 is 42.4. The Balaban J connectivity index is 2.44. The molecule has 0 unspecified atom stereocenters. The topological polar surface area (TPSA) is 52.1 Å². The molecule has 104 valence electrons. The molecule has 0 saturated heterocycles. The maximum Gasteiger partial charge on any atom is 0.416 e. The van der Waals surface area contributed by atoms with Crippen molar-refractivity contribution in [1.29, 1.82) is 0 Å². The molecule has 0 amide bonds. The van der Waals surface area contributed by atoms with Gasteiger partial charge in [0.2, 0.25) is 0 Å². The van der Waals surface area contributed by atoms with Crippen LogP contribution in [0.25, 0.3) is 11.4 Å². The number of alkyl halides is 3. The van der Waals surface area contributed by atoms with E-state index in [1.165, 1.54) is 31.5 Å². The molecule has 4 nitrogen and oxygen atoms in total. The second kappa shape index (κ2) is 5.28. The molecule has 0 radical (unpaired) electrons. The molecule has 0 spiro atoms. The van der Waals surface area contributed by atoms with Gasteiger partial charge >= 0.3 is 12.1 Å². The van der Waals surface area contributed by atoms with Gasteiger partial charge in [-0.1, -0.05) is 12.1 Å². The van der Waals surface area contributed by atoms with Crippen LogP contribution in [0.5, 0.6) is 0 Å². The summed E-state index contributed by atoms with van der Waals surface area (Å²) in [6.45, 7) is 0. The van der Waals surface area contributed by atoms with Crippen molar-refractivity contribution in [3.05, 3.63) is 47.8 Å². The Morgan fingerprint density at radius 1 is 1.25 bits per heavy atom. The molecule has 0 saturated carbocycles. The zero-order valence-electron chi connectivity index (χ0n) is 10.3. The number of carbonyl (C=O) groups is 1. The number of esters is 1. The third-order valence-corrected chi connectivity index (χ3v) is 2.50. The SMILES string of the molecule is COC(=O)c1ccnc(-c2cccc(C(F)(F)F)c2)n1. The number of methoxy groups -OCH3 is 1. The maximum atomic E-state index is 12.6. The molecular weight excluding hydrogens is 273 g/mol. The van der Waals surface area contributed by atoms with Crippen LogP contribution >= 0.6 is 0 Å². The van der Waals surface area contributed by atoms with Gasteiger partial charge in [-0.25, -0.2) is 14.8 Å². The Labute approximate surface area is 112 Å². The van der Waals surface area contributed by atoms with Crippen molar-refractivity contribution in [2.24, 2.45) is 0 Å². The maximum absolute atomic E-state index is 12.6. The van der Waals surface area contributed by atoms with E-state index in [-0.39, 0.29) is 17.1 Å². The molecule has 0 bridgehead atoms. The van der Waals surface area contributed by atoms with Crippen molar-refractivity contribution in [2.45, 2.75) is 6.18 Å². The summed E-state index contributed by atoms with van der Waals surface area (Å²) in [5.74, 6) is -0.653. The number of hydrogen-bond acceptors (Lipinski definition) is 4. The van der Waals surface area contributed by atoms with Crippen LogP contribution in [0.15, 0.2) is 36.5 Å². The lowest BCUT2D eigenvalue weighted by Crippen LogP contribution is -2.07. The fraction of sp³-hybridized carbons (Fsp3) is 0.154. The Bertz CT molecular complexity index is 642. The van der Waals surface area contributed by atoms with E-state index in [2.05, 4.69) is 14.7 Å². The van der Waals surface area contributed by atoms with Gasteiger partial charge in [-0.05, 0) is 18.2 Å². The minimum Gasteiger partial charge on any atom is -0.464 e. The standard InChI is InChI=1S/C13H9F3N2O2/c1-20-12(19)10-5-6-17-11(18-10)8-3-2-4-9(7-8)13(14,15)16/h2-7H,1H3. The Hall–Kier alpha value is -2.44. The number of aromatic nitrogens is 2. The predicted molar refractivity (Wildman–Crippen MR) is 63.8 cm³/mol. The highest BCUT2D eigenvalue weighted by molar-refractivity contribution is 5.87. The van der Waals surface area contributed by atoms with Crippen LogP contribution in [0, 0.1) is 0 Å². The Morgan fingerprint density at radius 3 is 2.65 bits per heavy atom. The van der Waals surface area contributed by atoms with E-state index in [4.69, 9.17) is 0 Å². The van der Waals surface area contributed by atoms with Crippen molar-refractivity contribution in [3.8, 4) is 11.4 Å². The molecule has 2 aromatic rings. The van der Waals surface area contributed by atoms with Crippen LogP contribution in [0.4, 0.5) is 13.2 Å². The van der Waals surface area contributed by atoms with Crippen LogP contribution in [0.2, 0.25) is 0 Å². The van der Waals surface area contributed by atoms with Crippen LogP contribution in [0.3, 0.4) is 0 Å². The summed E-state index contributed by atoms with van der Waals surface area (Å²) in [6.07, 6.45) is -3.16. The largest absolute Gasteiger partial charge is 0.464 e. The molecule has 0 N–H and O–H groups in total. The summed E-state index contributed by atoms with van der Waals surface area (Å²) in [6, 6.07) is 5.89. The first-order valence-corrected chi connectivity index (χ1v) is 5.51. The van der Waals surface area contributed by atoms with Crippen LogP contribution in [-0.2, 0) is 10.9 Å². The first kappa shape index (κ1) is 14.0. The number of hydrogen-bond donors (Lipinski definition) is 0. The van der Waals surface area contributed by atoms with Gasteiger partial charge < -0.3 is 4.74 Å². The summed E-state index contributed by atoms with van der Waals surface area (Å²) >= 11 is 0. The monoisotopic (exact) mass is 282 g/mol. The highest BCUT2D eigenvalue weighted by Gasteiger charge is 2.30. The lowest BCUT2D eigenvalue weighted by Gasteiger charge is -2.08. The number of halogens is 3. The third kappa shape index (κ3) is 2.93. The number of rotatable bonds is 2. The van der Waals surface area contributed by atoms with Gasteiger partial charge in [-0.3, -0.25) is 0 Å². The number of carbonyl (C=O) groups excluding carboxylic acids is 1. The fourth-order valence-electron chi connectivity index (χ4n) is 1.55. The lowest BCUT2D eigenvalue weighted by atomic mass is 10.1. The lowest BCUT2D eigenvalue weighted by molar-refractivity contribution is -0.137. The summed E-state index contributed by atoms with van der Waals surface area (Å²) in [4.78, 5) is 19.1. The highest BCUT2D eigenvalue weighted by atomic mass is 19.4. The van der Waals surface area contributed by atoms with Gasteiger partial charge in [-0.15, -0.1) is 0 Å². The molecule has 2 rings (SSSR count). The van der Waals surface area contributed by atoms with Crippen LogP contribution in [-0.4, -0.2) is 23.0 Å². The molecule has 0 atom stereocenters. The second-order valence-corrected chi connectivity index (χ2v) is 3.84. The third-order valence-electron chi connectivity index (χ3n) is 2.50. The predicted octanol–water partition coefficient (Wildman–Crippen LogP) is 2.95. The van der Waals surface area contributed by atoms with Gasteiger partial charge in [0.15, 0.2) is 11.5 Å². The van der Waals surface area contributed by atoms with Crippen molar-refractivity contribution in [1.82, 2.24) is 9.97 Å². The quantitative estimate of drug-likeness (QED) is 0.795. The normalized spacial score (nSPS) is 11.2. The molecule has 1 aromatic heterocycles. The van der Waals surface area contributed by atoms with Gasteiger partial charge in [-0.2, -0.15) is 13.2 Å². The minimum absolute atomic E-state index is 0.0186. The van der Waals surface area contributed by atoms with E-state index in [0.29, 0.717) is 0 Å². The van der Waals surface area contributed by atoms with E-state index in [0.717, 1.165) is 12.1 Å². The summed E-state index contributed by atoms with van der Waals surface area (Å²) in [5, 5.41) is 0. The van der Waals surface area contributed by atoms with E-state index in [1.54, 1.807) is 0 Å². The molecular formula is C13H9F3N2O2. The molecule has 1 aromatic carbocycles. The Kier molecular flexibility index (Phi) is 3.69. The second-order valence-electron chi connectivity index (χ2n) is 3.84. The van der Waals surface area contributed by atoms with Gasteiger partial charge in [0.05, 0.1) is 12.7 Å². The van der Waals surface area contributed by atoms with Gasteiger partial charge in [0, 0.05) is 11.8 Å². The minimum atomic E-state index is -4.45. The molecule has 0 aliphatic carbocycles. The van der Waals surface area contributed by atoms with Crippen molar-refractivity contribution in [2.75, 3.05) is 7.11 Å². The molecule has 20 heavy (non-hydrogen) atoms. The first-order chi connectivity index (χ1) is 9.41. The van der Waals surface area contributed by atoms with Gasteiger partial charge in [0.1, 0.15) is 0 Å². The summed E-state index contributed by atoms with van der Waals surface area (Å²) in [5.41, 5.74) is -0.650. The average Bonchev–Trinajstić information content (AvgIpc) is 2.46. The van der Waals surface area contributed by atoms with Crippen LogP contribution in [0.1, 0.15) is 16.1 Å². The average molecular weight is 282 g/mol. The van der Waals surface area contributed by atoms with E-state index < -0.39 is 17.7 Å². The van der Waals surface area contributed by atoms with E-state index in [1.807, 2.05) is 0 Å². The Morgan fingerprint density at radius 2 is 2.00 bits per heavy atom. The first-order valence-electron chi connectivity index (χ1n) is 5.51. The van der Waals surface area contributed by atoms with E-state index in [9.17, 15) is 18.0 Å². The molecule has 0 aliphatic rings. The zero-order chi connectivity index (χ0) is 14.8.